The quantitative estimate of drug-likeness (QED) is 0.0321. The van der Waals surface area contributed by atoms with E-state index in [-0.39, 0.29) is 19.1 Å². The van der Waals surface area contributed by atoms with Crippen molar-refractivity contribution in [2.75, 3.05) is 40.9 Å². The van der Waals surface area contributed by atoms with E-state index in [0.29, 0.717) is 23.9 Å². The number of nitrogens with zero attached hydrogens (tertiary/aromatic N) is 1. The predicted octanol–water partition coefficient (Wildman–Crippen LogP) is 14.1. The van der Waals surface area contributed by atoms with Gasteiger partial charge in [0.1, 0.15) is 13.2 Å². The van der Waals surface area contributed by atoms with E-state index in [4.69, 9.17) is 9.05 Å². The van der Waals surface area contributed by atoms with Crippen LogP contribution in [0.4, 0.5) is 0 Å². The summed E-state index contributed by atoms with van der Waals surface area (Å²) >= 11 is 0. The fourth-order valence-electron chi connectivity index (χ4n) is 7.64. The highest BCUT2D eigenvalue weighted by Crippen LogP contribution is 2.43. The topological polar surface area (TPSA) is 105 Å². The van der Waals surface area contributed by atoms with Crippen LogP contribution in [0, 0.1) is 0 Å². The maximum Gasteiger partial charge on any atom is 0.472 e. The fourth-order valence-corrected chi connectivity index (χ4v) is 8.37. The van der Waals surface area contributed by atoms with Crippen LogP contribution in [-0.4, -0.2) is 73.4 Å². The Bertz CT molecular complexity index is 901. The van der Waals surface area contributed by atoms with Crippen LogP contribution < -0.4 is 5.32 Å². The average molecular weight is 832 g/mol. The van der Waals surface area contributed by atoms with Gasteiger partial charge < -0.3 is 19.8 Å². The number of amides is 1. The summed E-state index contributed by atoms with van der Waals surface area (Å²) in [6, 6.07) is -0.753. The second kappa shape index (κ2) is 40.9. The first-order chi connectivity index (χ1) is 27.5. The molecule has 0 fully saturated rings. The van der Waals surface area contributed by atoms with Crippen LogP contribution in [0.5, 0.6) is 0 Å². The molecule has 0 saturated heterocycles. The van der Waals surface area contributed by atoms with E-state index in [1.54, 1.807) is 0 Å². The largest absolute Gasteiger partial charge is 0.472 e. The maximum atomic E-state index is 12.9. The lowest BCUT2D eigenvalue weighted by Crippen LogP contribution is -2.46. The predicted molar refractivity (Wildman–Crippen MR) is 245 cm³/mol. The van der Waals surface area contributed by atoms with Crippen molar-refractivity contribution in [2.45, 2.75) is 264 Å². The molecule has 0 rings (SSSR count). The Balaban J connectivity index is 4.25. The van der Waals surface area contributed by atoms with E-state index in [1.807, 2.05) is 21.1 Å². The summed E-state index contributed by atoms with van der Waals surface area (Å²) < 4.78 is 23.7. The summed E-state index contributed by atoms with van der Waals surface area (Å²) in [4.78, 5) is 23.2. The Morgan fingerprint density at radius 3 is 1.18 bits per heavy atom. The monoisotopic (exact) mass is 832 g/mol. The molecular formula is C48H100N2O6P+. The first kappa shape index (κ1) is 56.5. The Hall–Kier alpha value is -0.500. The van der Waals surface area contributed by atoms with Gasteiger partial charge in [-0.2, -0.15) is 0 Å². The number of rotatable bonds is 46. The molecule has 0 aliphatic carbocycles. The maximum absolute atomic E-state index is 12.9. The van der Waals surface area contributed by atoms with Crippen LogP contribution in [0.25, 0.3) is 0 Å². The molecule has 0 aromatic heterocycles. The minimum Gasteiger partial charge on any atom is -0.391 e. The van der Waals surface area contributed by atoms with Gasteiger partial charge in [0, 0.05) is 6.42 Å². The van der Waals surface area contributed by atoms with Crippen molar-refractivity contribution in [3.05, 3.63) is 0 Å². The van der Waals surface area contributed by atoms with Gasteiger partial charge in [0.05, 0.1) is 39.9 Å². The number of likely N-dealkylation sites (N-methyl/N-ethyl adjacent to an activating group) is 1. The summed E-state index contributed by atoms with van der Waals surface area (Å²) in [7, 11) is 1.63. The number of hydrogen-bond donors (Lipinski definition) is 3. The number of unbranched alkanes of at least 4 members (excludes halogenated alkanes) is 33. The minimum atomic E-state index is -4.31. The van der Waals surface area contributed by atoms with Gasteiger partial charge in [-0.3, -0.25) is 13.8 Å². The van der Waals surface area contributed by atoms with Gasteiger partial charge in [-0.25, -0.2) is 4.57 Å². The number of phosphoric ester groups is 1. The van der Waals surface area contributed by atoms with Crippen LogP contribution >= 0.6 is 7.82 Å². The third-order valence-corrected chi connectivity index (χ3v) is 12.6. The zero-order valence-corrected chi connectivity index (χ0v) is 39.8. The molecule has 0 aliphatic rings. The highest BCUT2D eigenvalue weighted by molar-refractivity contribution is 7.47. The minimum absolute atomic E-state index is 0.0788. The number of aliphatic hydroxyl groups is 1. The molecule has 0 spiro atoms. The third kappa shape index (κ3) is 43.4. The molecule has 3 atom stereocenters. The molecular weight excluding hydrogens is 732 g/mol. The standard InChI is InChI=1S/C48H99N2O6P/c1-6-8-10-12-14-16-18-20-22-24-25-26-27-29-31-33-35-37-39-41-47(51)46(45-56-57(53,54)55-44-43-50(3,4)5)49-48(52)42-40-38-36-34-32-30-28-23-21-19-17-15-13-11-9-7-2/h46-47,51H,6-45H2,1-5H3,(H-,49,52,53,54)/p+1. The molecule has 0 radical (unpaired) electrons. The number of quaternary nitrogens is 1. The summed E-state index contributed by atoms with van der Waals surface area (Å²) in [6.45, 7) is 4.93. The molecule has 0 bridgehead atoms. The molecule has 0 heterocycles. The smallest absolute Gasteiger partial charge is 0.391 e. The molecule has 342 valence electrons. The molecule has 9 heteroatoms. The van der Waals surface area contributed by atoms with E-state index in [0.717, 1.165) is 38.5 Å². The third-order valence-electron chi connectivity index (χ3n) is 11.6. The number of nitrogens with one attached hydrogen (secondary N) is 1. The molecule has 0 aliphatic heterocycles. The molecule has 0 saturated carbocycles. The molecule has 1 amide bonds. The average Bonchev–Trinajstić information content (AvgIpc) is 3.16. The molecule has 0 aromatic rings. The summed E-state index contributed by atoms with van der Waals surface area (Å²) in [5, 5.41) is 14.0. The van der Waals surface area contributed by atoms with Gasteiger partial charge in [0.25, 0.3) is 0 Å². The van der Waals surface area contributed by atoms with Crippen LogP contribution in [0.2, 0.25) is 0 Å². The van der Waals surface area contributed by atoms with Gasteiger partial charge in [-0.15, -0.1) is 0 Å². The van der Waals surface area contributed by atoms with Gasteiger partial charge in [0.2, 0.25) is 5.91 Å². The van der Waals surface area contributed by atoms with Crippen LogP contribution in [-0.2, 0) is 18.4 Å². The zero-order chi connectivity index (χ0) is 42.1. The van der Waals surface area contributed by atoms with Crippen molar-refractivity contribution in [1.82, 2.24) is 5.32 Å². The second-order valence-corrected chi connectivity index (χ2v) is 20.0. The van der Waals surface area contributed by atoms with E-state index in [1.165, 1.54) is 186 Å². The number of aliphatic hydroxyl groups excluding tert-OH is 1. The van der Waals surface area contributed by atoms with Gasteiger partial charge in [-0.05, 0) is 12.8 Å². The summed E-state index contributed by atoms with van der Waals surface area (Å²) in [5.41, 5.74) is 0. The Morgan fingerprint density at radius 1 is 0.526 bits per heavy atom. The van der Waals surface area contributed by atoms with Crippen molar-refractivity contribution in [2.24, 2.45) is 0 Å². The van der Waals surface area contributed by atoms with Gasteiger partial charge in [-0.1, -0.05) is 232 Å². The number of carbonyl (C=O) groups is 1. The van der Waals surface area contributed by atoms with E-state index in [2.05, 4.69) is 19.2 Å². The van der Waals surface area contributed by atoms with Crippen molar-refractivity contribution in [3.8, 4) is 0 Å². The van der Waals surface area contributed by atoms with Crippen LogP contribution in [0.15, 0.2) is 0 Å². The van der Waals surface area contributed by atoms with Crippen molar-refractivity contribution in [1.29, 1.82) is 0 Å². The first-order valence-corrected chi connectivity index (χ1v) is 26.4. The van der Waals surface area contributed by atoms with E-state index < -0.39 is 20.0 Å². The highest BCUT2D eigenvalue weighted by atomic mass is 31.2. The molecule has 57 heavy (non-hydrogen) atoms. The number of hydrogen-bond acceptors (Lipinski definition) is 5. The summed E-state index contributed by atoms with van der Waals surface area (Å²) in [6.07, 6.45) is 45.6. The van der Waals surface area contributed by atoms with Crippen molar-refractivity contribution in [3.63, 3.8) is 0 Å². The van der Waals surface area contributed by atoms with Crippen LogP contribution in [0.1, 0.15) is 251 Å². The Morgan fingerprint density at radius 2 is 0.842 bits per heavy atom. The Kier molecular flexibility index (Phi) is 40.5. The van der Waals surface area contributed by atoms with Crippen molar-refractivity contribution >= 4 is 13.7 Å². The zero-order valence-electron chi connectivity index (χ0n) is 38.9. The van der Waals surface area contributed by atoms with Crippen LogP contribution in [0.3, 0.4) is 0 Å². The van der Waals surface area contributed by atoms with E-state index in [9.17, 15) is 19.4 Å². The normalized spacial score (nSPS) is 14.2. The lowest BCUT2D eigenvalue weighted by molar-refractivity contribution is -0.870. The van der Waals surface area contributed by atoms with E-state index >= 15 is 0 Å². The summed E-state index contributed by atoms with van der Waals surface area (Å²) in [5.74, 6) is -0.139. The fraction of sp³-hybridized carbons (Fsp3) is 0.979. The lowest BCUT2D eigenvalue weighted by Gasteiger charge is -2.26. The number of phosphoric acid groups is 1. The molecule has 3 unspecified atom stereocenters. The SMILES string of the molecule is CCCCCCCCCCCCCCCCCCCCCC(O)C(COP(=O)(O)OCC[N+](C)(C)C)NC(=O)CCCCCCCCCCCCCCCCCC. The second-order valence-electron chi connectivity index (χ2n) is 18.6. The Labute approximate surface area is 355 Å². The number of carbonyl (C=O) groups excluding carboxylic acids is 1. The van der Waals surface area contributed by atoms with Crippen molar-refractivity contribution < 1.29 is 32.9 Å². The molecule has 0 aromatic carbocycles. The lowest BCUT2D eigenvalue weighted by atomic mass is 10.0. The highest BCUT2D eigenvalue weighted by Gasteiger charge is 2.28. The van der Waals surface area contributed by atoms with Gasteiger partial charge in [0.15, 0.2) is 0 Å². The molecule has 3 N–H and O–H groups in total. The van der Waals surface area contributed by atoms with Gasteiger partial charge >= 0.3 is 7.82 Å². The molecule has 8 nitrogen and oxygen atoms in total. The first-order valence-electron chi connectivity index (χ1n) is 24.9.